The number of carbonyl (C=O) groups excluding carboxylic acids is 1. The van der Waals surface area contributed by atoms with Crippen LogP contribution in [0, 0.1) is 0 Å². The molecule has 144 valence electrons. The van der Waals surface area contributed by atoms with Gasteiger partial charge in [0.25, 0.3) is 0 Å². The molecule has 3 rings (SSSR count). The molecule has 27 heavy (non-hydrogen) atoms. The van der Waals surface area contributed by atoms with Crippen molar-refractivity contribution in [1.82, 2.24) is 5.32 Å². The van der Waals surface area contributed by atoms with Crippen LogP contribution in [0.4, 0.5) is 13.2 Å². The molecule has 0 spiro atoms. The molecule has 2 aromatic carbocycles. The Morgan fingerprint density at radius 3 is 2.52 bits per heavy atom. The minimum Gasteiger partial charge on any atom is -0.446 e. The number of fused-ring (bicyclic) bond motifs is 1. The van der Waals surface area contributed by atoms with Crippen LogP contribution in [-0.2, 0) is 21.6 Å². The van der Waals surface area contributed by atoms with E-state index >= 15 is 0 Å². The third kappa shape index (κ3) is 4.16. The maximum atomic E-state index is 12.8. The maximum absolute atomic E-state index is 12.8. The fourth-order valence-electron chi connectivity index (χ4n) is 3.51. The summed E-state index contributed by atoms with van der Waals surface area (Å²) >= 11 is 0. The lowest BCUT2D eigenvalue weighted by molar-refractivity contribution is -0.213. The molecular formula is C21H22F3NO2. The van der Waals surface area contributed by atoms with E-state index in [1.54, 1.807) is 0 Å². The molecule has 1 aliphatic rings. The molecule has 0 unspecified atom stereocenters. The predicted molar refractivity (Wildman–Crippen MR) is 96.5 cm³/mol. The predicted octanol–water partition coefficient (Wildman–Crippen LogP) is 4.30. The zero-order chi connectivity index (χ0) is 19.7. The second-order valence-corrected chi connectivity index (χ2v) is 7.09. The summed E-state index contributed by atoms with van der Waals surface area (Å²) < 4.78 is 43.3. The fraction of sp³-hybridized carbons (Fsp3) is 0.381. The summed E-state index contributed by atoms with van der Waals surface area (Å²) in [6.45, 7) is 4.32. The summed E-state index contributed by atoms with van der Waals surface area (Å²) in [5.41, 5.74) is 2.21. The molecule has 2 aromatic rings. The second kappa shape index (κ2) is 7.35. The van der Waals surface area contributed by atoms with Gasteiger partial charge in [-0.05, 0) is 36.6 Å². The topological polar surface area (TPSA) is 38.3 Å². The highest BCUT2D eigenvalue weighted by molar-refractivity contribution is 5.76. The molecule has 0 bridgehead atoms. The van der Waals surface area contributed by atoms with E-state index in [0.717, 1.165) is 16.7 Å². The number of hydrogen-bond acceptors (Lipinski definition) is 3. The molecule has 1 aliphatic heterocycles. The molecule has 0 aliphatic carbocycles. The number of benzene rings is 2. The minimum atomic E-state index is -5.02. The normalized spacial score (nSPS) is 21.1. The third-order valence-electron chi connectivity index (χ3n) is 5.09. The monoisotopic (exact) mass is 377 g/mol. The average Bonchev–Trinajstić information content (AvgIpc) is 2.80. The number of halogens is 3. The number of carbonyl (C=O) groups is 1. The van der Waals surface area contributed by atoms with Gasteiger partial charge in [-0.1, -0.05) is 55.5 Å². The Bertz CT molecular complexity index is 820. The molecule has 0 fully saturated rings. The minimum absolute atomic E-state index is 0.0651. The number of ether oxygens (including phenoxy) is 1. The van der Waals surface area contributed by atoms with Gasteiger partial charge in [-0.3, -0.25) is 0 Å². The van der Waals surface area contributed by atoms with Crippen LogP contribution in [0.3, 0.4) is 0 Å². The molecule has 3 nitrogen and oxygen atoms in total. The molecule has 0 saturated carbocycles. The first-order chi connectivity index (χ1) is 12.7. The summed E-state index contributed by atoms with van der Waals surface area (Å²) in [4.78, 5) is 11.5. The van der Waals surface area contributed by atoms with Crippen LogP contribution < -0.4 is 5.32 Å². The van der Waals surface area contributed by atoms with Crippen molar-refractivity contribution in [2.45, 2.75) is 38.0 Å². The Balaban J connectivity index is 2.00. The van der Waals surface area contributed by atoms with Crippen molar-refractivity contribution < 1.29 is 22.7 Å². The average molecular weight is 377 g/mol. The highest BCUT2D eigenvalue weighted by Gasteiger charge is 2.46. The first-order valence-corrected chi connectivity index (χ1v) is 8.90. The number of alkyl halides is 3. The van der Waals surface area contributed by atoms with Gasteiger partial charge >= 0.3 is 12.1 Å². The first-order valence-electron chi connectivity index (χ1n) is 8.90. The largest absolute Gasteiger partial charge is 0.490 e. The van der Waals surface area contributed by atoms with Crippen LogP contribution in [-0.4, -0.2) is 25.2 Å². The third-order valence-corrected chi connectivity index (χ3v) is 5.09. The van der Waals surface area contributed by atoms with E-state index in [9.17, 15) is 18.0 Å². The molecule has 0 amide bonds. The summed E-state index contributed by atoms with van der Waals surface area (Å²) in [5, 5.41) is 3.08. The van der Waals surface area contributed by atoms with E-state index in [-0.39, 0.29) is 12.5 Å². The van der Waals surface area contributed by atoms with E-state index in [0.29, 0.717) is 18.5 Å². The molecule has 6 heteroatoms. The molecule has 0 radical (unpaired) electrons. The van der Waals surface area contributed by atoms with Gasteiger partial charge in [-0.25, -0.2) is 4.79 Å². The number of rotatable bonds is 3. The van der Waals surface area contributed by atoms with Gasteiger partial charge in [0.1, 0.15) is 5.60 Å². The van der Waals surface area contributed by atoms with E-state index in [4.69, 9.17) is 4.74 Å². The molecule has 1 heterocycles. The van der Waals surface area contributed by atoms with Crippen molar-refractivity contribution in [2.24, 2.45) is 0 Å². The molecule has 0 aromatic heterocycles. The Hall–Kier alpha value is -2.34. The van der Waals surface area contributed by atoms with Gasteiger partial charge in [-0.15, -0.1) is 0 Å². The van der Waals surface area contributed by atoms with Gasteiger partial charge in [0.2, 0.25) is 0 Å². The van der Waals surface area contributed by atoms with Crippen LogP contribution in [0.2, 0.25) is 0 Å². The molecule has 2 atom stereocenters. The maximum Gasteiger partial charge on any atom is 0.490 e. The van der Waals surface area contributed by atoms with Gasteiger partial charge < -0.3 is 10.1 Å². The van der Waals surface area contributed by atoms with E-state index < -0.39 is 17.7 Å². The van der Waals surface area contributed by atoms with Crippen molar-refractivity contribution in [1.29, 1.82) is 0 Å². The van der Waals surface area contributed by atoms with Gasteiger partial charge in [0.05, 0.1) is 0 Å². The van der Waals surface area contributed by atoms with Crippen molar-refractivity contribution in [2.75, 3.05) is 13.1 Å². The molecular weight excluding hydrogens is 355 g/mol. The lowest BCUT2D eigenvalue weighted by Gasteiger charge is -2.31. The van der Waals surface area contributed by atoms with Crippen molar-refractivity contribution in [3.63, 3.8) is 0 Å². The van der Waals surface area contributed by atoms with Crippen molar-refractivity contribution in [3.8, 4) is 0 Å². The van der Waals surface area contributed by atoms with Crippen LogP contribution in [0.15, 0.2) is 48.5 Å². The Morgan fingerprint density at radius 2 is 1.85 bits per heavy atom. The Kier molecular flexibility index (Phi) is 5.29. The zero-order valence-corrected chi connectivity index (χ0v) is 15.3. The summed E-state index contributed by atoms with van der Waals surface area (Å²) in [6.07, 6.45) is -4.36. The summed E-state index contributed by atoms with van der Waals surface area (Å²) in [5.74, 6) is -2.10. The van der Waals surface area contributed by atoms with Gasteiger partial charge in [0.15, 0.2) is 0 Å². The fourth-order valence-corrected chi connectivity index (χ4v) is 3.51. The molecule has 0 saturated heterocycles. The smallest absolute Gasteiger partial charge is 0.446 e. The summed E-state index contributed by atoms with van der Waals surface area (Å²) in [7, 11) is 0. The second-order valence-electron chi connectivity index (χ2n) is 7.09. The Morgan fingerprint density at radius 1 is 1.15 bits per heavy atom. The Labute approximate surface area is 156 Å². The number of nitrogens with one attached hydrogen (secondary N) is 1. The van der Waals surface area contributed by atoms with Crippen LogP contribution in [0.25, 0.3) is 0 Å². The standard InChI is InChI=1S/C21H22F3NO2/c1-14(15-6-4-3-5-7-15)17-9-8-16-10-11-25-13-20(2,18(16)12-17)27-19(26)21(22,23)24/h3-9,12,14,25H,10-11,13H2,1-2H3/t14-,20+/m0/s1. The van der Waals surface area contributed by atoms with E-state index in [1.165, 1.54) is 6.92 Å². The zero-order valence-electron chi connectivity index (χ0n) is 15.3. The highest BCUT2D eigenvalue weighted by atomic mass is 19.4. The highest BCUT2D eigenvalue weighted by Crippen LogP contribution is 2.35. The van der Waals surface area contributed by atoms with Crippen molar-refractivity contribution >= 4 is 5.97 Å². The lowest BCUT2D eigenvalue weighted by Crippen LogP contribution is -2.42. The summed E-state index contributed by atoms with van der Waals surface area (Å²) in [6, 6.07) is 15.7. The van der Waals surface area contributed by atoms with Gasteiger partial charge in [0, 0.05) is 18.0 Å². The van der Waals surface area contributed by atoms with E-state index in [2.05, 4.69) is 5.32 Å². The quantitative estimate of drug-likeness (QED) is 0.811. The first kappa shape index (κ1) is 19.4. The van der Waals surface area contributed by atoms with Crippen LogP contribution >= 0.6 is 0 Å². The number of esters is 1. The van der Waals surface area contributed by atoms with E-state index in [1.807, 2.05) is 55.5 Å². The van der Waals surface area contributed by atoms with Gasteiger partial charge in [-0.2, -0.15) is 13.2 Å². The van der Waals surface area contributed by atoms with Crippen LogP contribution in [0.1, 0.15) is 42.0 Å². The SMILES string of the molecule is C[C@@H](c1ccccc1)c1ccc2c(c1)[C@](C)(OC(=O)C(F)(F)F)CNCC2. The lowest BCUT2D eigenvalue weighted by atomic mass is 9.85. The number of hydrogen-bond donors (Lipinski definition) is 1. The van der Waals surface area contributed by atoms with Crippen molar-refractivity contribution in [3.05, 3.63) is 70.8 Å². The van der Waals surface area contributed by atoms with Crippen LogP contribution in [0.5, 0.6) is 0 Å². The molecule has 1 N–H and O–H groups in total.